The van der Waals surface area contributed by atoms with Crippen LogP contribution in [0.25, 0.3) is 16.9 Å². The van der Waals surface area contributed by atoms with E-state index in [1.807, 2.05) is 0 Å². The molecular formula is C35H50N2. The molecule has 200 valence electrons. The van der Waals surface area contributed by atoms with Gasteiger partial charge in [-0.25, -0.2) is 4.70 Å². The van der Waals surface area contributed by atoms with Gasteiger partial charge < -0.3 is 5.53 Å². The van der Waals surface area contributed by atoms with Crippen LogP contribution in [0.15, 0.2) is 48.0 Å². The standard InChI is InChI=1S/C35H50N2/c1-6-9-12-15-17-29-20-27(4)22-32(24-29)34-26-31(19-14-11-8-3)35(37(34)36)33-23-28(5)21-30(25-33)18-16-13-10-7-2/h20-26H,6-19H2,1-5H3. The first-order valence-corrected chi connectivity index (χ1v) is 15.1. The summed E-state index contributed by atoms with van der Waals surface area (Å²) in [7, 11) is 0. The Kier molecular flexibility index (Phi) is 11.8. The highest BCUT2D eigenvalue weighted by atomic mass is 15.2. The van der Waals surface area contributed by atoms with Crippen molar-refractivity contribution in [1.82, 2.24) is 0 Å². The quantitative estimate of drug-likeness (QED) is 0.162. The Morgan fingerprint density at radius 2 is 1.05 bits per heavy atom. The predicted molar refractivity (Wildman–Crippen MR) is 161 cm³/mol. The second kappa shape index (κ2) is 15.1. The van der Waals surface area contributed by atoms with Gasteiger partial charge in [0.2, 0.25) is 11.4 Å². The maximum absolute atomic E-state index is 11.6. The smallest absolute Gasteiger partial charge is 0.210 e. The van der Waals surface area contributed by atoms with E-state index in [1.165, 1.54) is 96.7 Å². The lowest BCUT2D eigenvalue weighted by molar-refractivity contribution is -0.344. The van der Waals surface area contributed by atoms with Gasteiger partial charge in [-0.15, -0.1) is 0 Å². The number of aryl methyl sites for hydroxylation is 4. The molecule has 0 N–H and O–H groups in total. The van der Waals surface area contributed by atoms with Crippen molar-refractivity contribution in [3.05, 3.63) is 87.0 Å². The molecule has 0 saturated carbocycles. The van der Waals surface area contributed by atoms with Gasteiger partial charge in [-0.2, -0.15) is 0 Å². The average Bonchev–Trinajstić information content (AvgIpc) is 3.20. The molecule has 2 aromatic carbocycles. The lowest BCUT2D eigenvalue weighted by Crippen LogP contribution is -2.04. The van der Waals surface area contributed by atoms with Crippen molar-refractivity contribution in [2.75, 3.05) is 0 Å². The largest absolute Gasteiger partial charge is 0.493 e. The van der Waals surface area contributed by atoms with Crippen LogP contribution in [-0.4, -0.2) is 4.70 Å². The Labute approximate surface area is 227 Å². The van der Waals surface area contributed by atoms with Crippen LogP contribution in [0.4, 0.5) is 0 Å². The molecule has 1 aliphatic rings. The molecule has 2 heteroatoms. The highest BCUT2D eigenvalue weighted by Gasteiger charge is 2.29. The summed E-state index contributed by atoms with van der Waals surface area (Å²) in [4.78, 5) is 0. The molecule has 0 aliphatic carbocycles. The normalized spacial score (nSPS) is 13.5. The maximum Gasteiger partial charge on any atom is 0.210 e. The average molecular weight is 499 g/mol. The monoisotopic (exact) mass is 498 g/mol. The van der Waals surface area contributed by atoms with Gasteiger partial charge in [-0.1, -0.05) is 95.4 Å². The van der Waals surface area contributed by atoms with E-state index in [4.69, 9.17) is 0 Å². The summed E-state index contributed by atoms with van der Waals surface area (Å²) in [5.74, 6) is 0. The SMILES string of the molecule is CCCCCCc1cc(C)cc(C2=CC(CCCCC)=C(c3cc(C)cc(CCCCCC)c3)[N+]2=[N-])c1. The fourth-order valence-corrected chi connectivity index (χ4v) is 5.63. The summed E-state index contributed by atoms with van der Waals surface area (Å²) < 4.78 is 1.49. The minimum Gasteiger partial charge on any atom is -0.493 e. The molecule has 1 aliphatic heterocycles. The van der Waals surface area contributed by atoms with Crippen molar-refractivity contribution < 1.29 is 4.70 Å². The molecule has 37 heavy (non-hydrogen) atoms. The van der Waals surface area contributed by atoms with Gasteiger partial charge in [-0.3, -0.25) is 0 Å². The number of allylic oxidation sites excluding steroid dienone is 2. The molecule has 0 fully saturated rings. The maximum atomic E-state index is 11.6. The van der Waals surface area contributed by atoms with Crippen LogP contribution in [0.3, 0.4) is 0 Å². The van der Waals surface area contributed by atoms with E-state index in [9.17, 15) is 5.53 Å². The molecule has 3 rings (SSSR count). The van der Waals surface area contributed by atoms with E-state index in [0.717, 1.165) is 48.2 Å². The van der Waals surface area contributed by atoms with Gasteiger partial charge in [-0.05, 0) is 87.8 Å². The molecule has 0 bridgehead atoms. The molecule has 2 aromatic rings. The van der Waals surface area contributed by atoms with Crippen molar-refractivity contribution in [3.63, 3.8) is 0 Å². The minimum absolute atomic E-state index is 0.922. The number of rotatable bonds is 16. The Morgan fingerprint density at radius 3 is 1.62 bits per heavy atom. The predicted octanol–water partition coefficient (Wildman–Crippen LogP) is 10.9. The van der Waals surface area contributed by atoms with Crippen molar-refractivity contribution in [3.8, 4) is 0 Å². The van der Waals surface area contributed by atoms with E-state index in [1.54, 1.807) is 0 Å². The van der Waals surface area contributed by atoms with Crippen LogP contribution in [0.1, 0.15) is 131 Å². The Balaban J connectivity index is 1.90. The molecule has 0 unspecified atom stereocenters. The van der Waals surface area contributed by atoms with Crippen LogP contribution in [0.5, 0.6) is 0 Å². The third-order valence-corrected chi connectivity index (χ3v) is 7.59. The molecule has 0 spiro atoms. The highest BCUT2D eigenvalue weighted by molar-refractivity contribution is 5.79. The summed E-state index contributed by atoms with van der Waals surface area (Å²) in [5, 5.41) is 0. The zero-order chi connectivity index (χ0) is 26.6. The van der Waals surface area contributed by atoms with Gasteiger partial charge in [0.25, 0.3) is 0 Å². The summed E-state index contributed by atoms with van der Waals surface area (Å²) in [6, 6.07) is 13.7. The Morgan fingerprint density at radius 1 is 0.568 bits per heavy atom. The number of benzene rings is 2. The van der Waals surface area contributed by atoms with Crippen LogP contribution in [-0.2, 0) is 12.8 Å². The number of hydrogen-bond donors (Lipinski definition) is 0. The Hall–Kier alpha value is -2.48. The van der Waals surface area contributed by atoms with Crippen molar-refractivity contribution in [1.29, 1.82) is 0 Å². The first-order chi connectivity index (χ1) is 18.0. The zero-order valence-corrected chi connectivity index (χ0v) is 24.3. The number of unbranched alkanes of at least 4 members (excludes halogenated alkanes) is 8. The second-order valence-electron chi connectivity index (χ2n) is 11.2. The van der Waals surface area contributed by atoms with Gasteiger partial charge in [0.1, 0.15) is 0 Å². The fourth-order valence-electron chi connectivity index (χ4n) is 5.63. The van der Waals surface area contributed by atoms with E-state index in [2.05, 4.69) is 77.1 Å². The first kappa shape index (κ1) is 29.1. The molecule has 0 amide bonds. The van der Waals surface area contributed by atoms with E-state index in [-0.39, 0.29) is 0 Å². The van der Waals surface area contributed by atoms with Gasteiger partial charge in [0.15, 0.2) is 0 Å². The second-order valence-corrected chi connectivity index (χ2v) is 11.2. The highest BCUT2D eigenvalue weighted by Crippen LogP contribution is 2.38. The summed E-state index contributed by atoms with van der Waals surface area (Å²) in [6.07, 6.45) is 19.2. The molecule has 0 aromatic heterocycles. The molecule has 0 radical (unpaired) electrons. The van der Waals surface area contributed by atoms with Crippen LogP contribution < -0.4 is 0 Å². The van der Waals surface area contributed by atoms with E-state index < -0.39 is 0 Å². The molecule has 1 heterocycles. The molecule has 2 nitrogen and oxygen atoms in total. The molecule has 0 saturated heterocycles. The van der Waals surface area contributed by atoms with Crippen molar-refractivity contribution in [2.45, 2.75) is 125 Å². The number of nitrogens with zero attached hydrogens (tertiary/aromatic N) is 2. The zero-order valence-electron chi connectivity index (χ0n) is 24.3. The third kappa shape index (κ3) is 8.52. The lowest BCUT2D eigenvalue weighted by Gasteiger charge is -2.13. The number of hydrogen-bond acceptors (Lipinski definition) is 0. The fraction of sp³-hybridized carbons (Fsp3) is 0.543. The van der Waals surface area contributed by atoms with Gasteiger partial charge >= 0.3 is 0 Å². The third-order valence-electron chi connectivity index (χ3n) is 7.59. The van der Waals surface area contributed by atoms with Crippen LogP contribution in [0.2, 0.25) is 0 Å². The molecular weight excluding hydrogens is 448 g/mol. The summed E-state index contributed by atoms with van der Waals surface area (Å²) >= 11 is 0. The summed E-state index contributed by atoms with van der Waals surface area (Å²) in [5.41, 5.74) is 22.4. The summed E-state index contributed by atoms with van der Waals surface area (Å²) in [6.45, 7) is 11.1. The minimum atomic E-state index is 0.922. The molecule has 0 atom stereocenters. The van der Waals surface area contributed by atoms with Crippen LogP contribution >= 0.6 is 0 Å². The van der Waals surface area contributed by atoms with Gasteiger partial charge in [0.05, 0.1) is 0 Å². The van der Waals surface area contributed by atoms with Crippen LogP contribution in [0, 0.1) is 13.8 Å². The topological polar surface area (TPSA) is 25.3 Å². The van der Waals surface area contributed by atoms with Gasteiger partial charge in [0, 0.05) is 22.8 Å². The van der Waals surface area contributed by atoms with E-state index >= 15 is 0 Å². The Bertz CT molecular complexity index is 1100. The van der Waals surface area contributed by atoms with Crippen molar-refractivity contribution >= 4 is 11.4 Å². The van der Waals surface area contributed by atoms with Crippen molar-refractivity contribution in [2.24, 2.45) is 0 Å². The van der Waals surface area contributed by atoms with E-state index in [0.29, 0.717) is 0 Å². The first-order valence-electron chi connectivity index (χ1n) is 15.1. The lowest BCUT2D eigenvalue weighted by atomic mass is 9.97.